The lowest BCUT2D eigenvalue weighted by molar-refractivity contribution is -0.203. The lowest BCUT2D eigenvalue weighted by atomic mass is 9.42. The van der Waals surface area contributed by atoms with E-state index in [-0.39, 0.29) is 57.8 Å². The standard InChI is InChI=1S/C53H88O6/c1-30-20-22-50(5)35(24-30)26-44(56)49-41-19-18-39(53(41,8)47(59)29-43(49)50)32(3)13-16-38(55)11-9-10-37(54)15-12-31(2)34-21-23-51(6)36(25-34)27-45(57)48-40-17-14-33(4)52(40,7)46(58)28-42(48)51/h30-36,39-49,56-59H,9-29H2,1-8H3. The summed E-state index contributed by atoms with van der Waals surface area (Å²) in [7, 11) is 0. The van der Waals surface area contributed by atoms with Gasteiger partial charge in [-0.2, -0.15) is 0 Å². The molecule has 59 heavy (non-hydrogen) atoms. The fraction of sp³-hybridized carbons (Fsp3) is 0.962. The number of Topliss-reactive ketones (excluding diaryl/α,β-unsaturated/α-hetero) is 2. The minimum Gasteiger partial charge on any atom is -0.393 e. The van der Waals surface area contributed by atoms with Gasteiger partial charge in [-0.05, 0) is 207 Å². The van der Waals surface area contributed by atoms with Crippen LogP contribution in [0, 0.1) is 105 Å². The molecule has 0 aliphatic heterocycles. The summed E-state index contributed by atoms with van der Waals surface area (Å²) in [4.78, 5) is 26.3. The summed E-state index contributed by atoms with van der Waals surface area (Å²) in [5.41, 5.74) is 0.153. The smallest absolute Gasteiger partial charge is 0.132 e. The van der Waals surface area contributed by atoms with Gasteiger partial charge in [0, 0.05) is 25.7 Å². The fourth-order valence-corrected chi connectivity index (χ4v) is 18.4. The van der Waals surface area contributed by atoms with Crippen molar-refractivity contribution >= 4 is 11.6 Å². The lowest BCUT2D eigenvalue weighted by Gasteiger charge is -2.63. The number of aliphatic hydroxyl groups is 4. The molecule has 0 amide bonds. The van der Waals surface area contributed by atoms with Gasteiger partial charge in [-0.25, -0.2) is 0 Å². The van der Waals surface area contributed by atoms with Crippen LogP contribution in [0.4, 0.5) is 0 Å². The van der Waals surface area contributed by atoms with E-state index in [0.29, 0.717) is 109 Å². The van der Waals surface area contributed by atoms with Gasteiger partial charge in [-0.3, -0.25) is 9.59 Å². The Morgan fingerprint density at radius 3 is 1.68 bits per heavy atom. The molecular formula is C53H88O6. The Bertz CT molecular complexity index is 1530. The summed E-state index contributed by atoms with van der Waals surface area (Å²) < 4.78 is 0. The summed E-state index contributed by atoms with van der Waals surface area (Å²) in [6, 6.07) is 0. The average molecular weight is 821 g/mol. The van der Waals surface area contributed by atoms with Crippen LogP contribution in [-0.4, -0.2) is 56.4 Å². The maximum Gasteiger partial charge on any atom is 0.132 e. The number of rotatable bonds is 12. The van der Waals surface area contributed by atoms with Gasteiger partial charge in [-0.1, -0.05) is 61.8 Å². The Kier molecular flexibility index (Phi) is 12.6. The third-order valence-corrected chi connectivity index (χ3v) is 22.6. The fourth-order valence-electron chi connectivity index (χ4n) is 18.4. The Morgan fingerprint density at radius 1 is 0.559 bits per heavy atom. The van der Waals surface area contributed by atoms with Gasteiger partial charge in [-0.15, -0.1) is 0 Å². The quantitative estimate of drug-likeness (QED) is 0.156. The maximum absolute atomic E-state index is 13.2. The number of hydrogen-bond donors (Lipinski definition) is 4. The second kappa shape index (κ2) is 16.6. The molecule has 6 heteroatoms. The molecule has 8 aliphatic carbocycles. The molecule has 22 unspecified atom stereocenters. The van der Waals surface area contributed by atoms with E-state index in [9.17, 15) is 30.0 Å². The first-order valence-corrected chi connectivity index (χ1v) is 25.6. The van der Waals surface area contributed by atoms with Crippen LogP contribution in [0.3, 0.4) is 0 Å². The van der Waals surface area contributed by atoms with E-state index < -0.39 is 0 Å². The molecule has 0 bridgehead atoms. The Morgan fingerprint density at radius 2 is 1.07 bits per heavy atom. The molecule has 4 N–H and O–H groups in total. The molecular weight excluding hydrogens is 733 g/mol. The predicted octanol–water partition coefficient (Wildman–Crippen LogP) is 10.6. The van der Waals surface area contributed by atoms with Crippen molar-refractivity contribution in [1.29, 1.82) is 0 Å². The molecule has 6 nitrogen and oxygen atoms in total. The minimum atomic E-state index is -0.347. The van der Waals surface area contributed by atoms with Crippen LogP contribution in [0.25, 0.3) is 0 Å². The highest BCUT2D eigenvalue weighted by Crippen LogP contribution is 2.70. The molecule has 0 radical (unpaired) electrons. The van der Waals surface area contributed by atoms with Crippen molar-refractivity contribution in [2.75, 3.05) is 0 Å². The average Bonchev–Trinajstić information content (AvgIpc) is 3.71. The molecule has 0 aromatic rings. The normalized spacial score (nSPS) is 52.5. The number of ketones is 2. The van der Waals surface area contributed by atoms with Crippen molar-refractivity contribution < 1.29 is 30.0 Å². The summed E-state index contributed by atoms with van der Waals surface area (Å²) in [5.74, 6) is 6.84. The van der Waals surface area contributed by atoms with Gasteiger partial charge in [0.2, 0.25) is 0 Å². The van der Waals surface area contributed by atoms with Gasteiger partial charge in [0.05, 0.1) is 24.4 Å². The van der Waals surface area contributed by atoms with E-state index in [0.717, 1.165) is 70.1 Å². The summed E-state index contributed by atoms with van der Waals surface area (Å²) in [5, 5.41) is 47.0. The first-order valence-electron chi connectivity index (χ1n) is 25.6. The Hall–Kier alpha value is -0.820. The molecule has 0 spiro atoms. The molecule has 8 rings (SSSR count). The number of aliphatic hydroxyl groups excluding tert-OH is 4. The van der Waals surface area contributed by atoms with E-state index >= 15 is 0 Å². The van der Waals surface area contributed by atoms with Crippen LogP contribution in [-0.2, 0) is 9.59 Å². The number of hydrogen-bond acceptors (Lipinski definition) is 6. The van der Waals surface area contributed by atoms with Crippen LogP contribution < -0.4 is 0 Å². The zero-order valence-corrected chi connectivity index (χ0v) is 38.8. The van der Waals surface area contributed by atoms with Crippen molar-refractivity contribution in [1.82, 2.24) is 0 Å². The highest BCUT2D eigenvalue weighted by molar-refractivity contribution is 5.81. The largest absolute Gasteiger partial charge is 0.393 e. The predicted molar refractivity (Wildman–Crippen MR) is 235 cm³/mol. The summed E-state index contributed by atoms with van der Waals surface area (Å²) in [6.45, 7) is 19.0. The summed E-state index contributed by atoms with van der Waals surface area (Å²) in [6.07, 6.45) is 18.6. The lowest BCUT2D eigenvalue weighted by Crippen LogP contribution is -2.62. The number of carbonyl (C=O) groups excluding carboxylic acids is 2. The van der Waals surface area contributed by atoms with Gasteiger partial charge in [0.25, 0.3) is 0 Å². The van der Waals surface area contributed by atoms with E-state index in [4.69, 9.17) is 0 Å². The van der Waals surface area contributed by atoms with Crippen molar-refractivity contribution in [3.63, 3.8) is 0 Å². The summed E-state index contributed by atoms with van der Waals surface area (Å²) >= 11 is 0. The monoisotopic (exact) mass is 821 g/mol. The molecule has 8 aliphatic rings. The topological polar surface area (TPSA) is 115 Å². The zero-order valence-electron chi connectivity index (χ0n) is 38.8. The van der Waals surface area contributed by atoms with Crippen LogP contribution >= 0.6 is 0 Å². The van der Waals surface area contributed by atoms with Gasteiger partial charge in [0.15, 0.2) is 0 Å². The number of fused-ring (bicyclic) bond motifs is 10. The van der Waals surface area contributed by atoms with Crippen molar-refractivity contribution in [3.8, 4) is 0 Å². The van der Waals surface area contributed by atoms with Crippen molar-refractivity contribution in [3.05, 3.63) is 0 Å². The van der Waals surface area contributed by atoms with E-state index in [1.807, 2.05) is 0 Å². The molecule has 0 heterocycles. The Labute approximate surface area is 359 Å². The minimum absolute atomic E-state index is 0.0592. The van der Waals surface area contributed by atoms with Crippen LogP contribution in [0.15, 0.2) is 0 Å². The van der Waals surface area contributed by atoms with Crippen LogP contribution in [0.1, 0.15) is 190 Å². The molecule has 22 atom stereocenters. The highest BCUT2D eigenvalue weighted by Gasteiger charge is 2.67. The number of carbonyl (C=O) groups is 2. The van der Waals surface area contributed by atoms with Gasteiger partial charge < -0.3 is 20.4 Å². The van der Waals surface area contributed by atoms with Gasteiger partial charge >= 0.3 is 0 Å². The highest BCUT2D eigenvalue weighted by atomic mass is 16.3. The second-order valence-corrected chi connectivity index (χ2v) is 24.9. The molecule has 0 aromatic carbocycles. The van der Waals surface area contributed by atoms with E-state index in [1.54, 1.807) is 0 Å². The van der Waals surface area contributed by atoms with Crippen molar-refractivity contribution in [2.24, 2.45) is 105 Å². The first-order chi connectivity index (χ1) is 27.8. The van der Waals surface area contributed by atoms with Crippen LogP contribution in [0.5, 0.6) is 0 Å². The van der Waals surface area contributed by atoms with E-state index in [1.165, 1.54) is 38.5 Å². The van der Waals surface area contributed by atoms with Crippen LogP contribution in [0.2, 0.25) is 0 Å². The maximum atomic E-state index is 13.2. The molecule has 8 fully saturated rings. The van der Waals surface area contributed by atoms with E-state index in [2.05, 4.69) is 55.4 Å². The third kappa shape index (κ3) is 7.42. The third-order valence-electron chi connectivity index (χ3n) is 22.6. The zero-order chi connectivity index (χ0) is 42.4. The first kappa shape index (κ1) is 44.8. The second-order valence-electron chi connectivity index (χ2n) is 24.9. The van der Waals surface area contributed by atoms with Crippen molar-refractivity contribution in [2.45, 2.75) is 215 Å². The molecule has 8 saturated carbocycles. The Balaban J connectivity index is 0.763. The van der Waals surface area contributed by atoms with Gasteiger partial charge in [0.1, 0.15) is 11.6 Å². The molecule has 0 saturated heterocycles. The SMILES string of the molecule is CC1CCC2(C)C(C1)CC(O)C1C2CC(O)C2(C)C(C(C)CCC(=O)CCCC(=O)CCC(C)C3CCC4(C)C(CC(O)C5C4CC(O)C4(C)C(C)CCC54)C3)CCC12. The molecule has 336 valence electrons. The molecule has 0 aromatic heterocycles.